The highest BCUT2D eigenvalue weighted by Crippen LogP contribution is 2.32. The Bertz CT molecular complexity index is 774. The molecule has 0 saturated heterocycles. The van der Waals surface area contributed by atoms with Gasteiger partial charge < -0.3 is 4.74 Å². The van der Waals surface area contributed by atoms with Crippen LogP contribution in [0.2, 0.25) is 0 Å². The van der Waals surface area contributed by atoms with Crippen LogP contribution in [0.15, 0.2) is 10.9 Å². The van der Waals surface area contributed by atoms with Crippen LogP contribution >= 0.6 is 0 Å². The molecule has 0 aliphatic heterocycles. The molecule has 0 spiro atoms. The molecule has 2 aromatic heterocycles. The van der Waals surface area contributed by atoms with Crippen LogP contribution in [-0.2, 0) is 10.9 Å². The van der Waals surface area contributed by atoms with Gasteiger partial charge in [0, 0.05) is 6.07 Å². The van der Waals surface area contributed by atoms with Crippen molar-refractivity contribution in [1.82, 2.24) is 14.6 Å². The summed E-state index contributed by atoms with van der Waals surface area (Å²) in [5.74, 6) is -1.36. The summed E-state index contributed by atoms with van der Waals surface area (Å²) in [7, 11) is 0. The SMILES string of the molecule is CCOC(=O)c1c(C(F)(F)F)[nH]n2c(=O)cc(C(C)C)nc12. The van der Waals surface area contributed by atoms with E-state index in [-0.39, 0.29) is 18.2 Å². The van der Waals surface area contributed by atoms with Gasteiger partial charge in [-0.1, -0.05) is 13.8 Å². The Balaban J connectivity index is 2.86. The molecule has 0 atom stereocenters. The number of aromatic nitrogens is 3. The zero-order chi connectivity index (χ0) is 16.7. The molecule has 0 aliphatic carbocycles. The number of rotatable bonds is 3. The summed E-state index contributed by atoms with van der Waals surface area (Å²) in [6.45, 7) is 4.85. The van der Waals surface area contributed by atoms with E-state index in [1.54, 1.807) is 13.8 Å². The number of carbonyl (C=O) groups excluding carboxylic acids is 1. The normalized spacial score (nSPS) is 12.1. The minimum atomic E-state index is -4.85. The second kappa shape index (κ2) is 5.47. The van der Waals surface area contributed by atoms with E-state index in [0.717, 1.165) is 6.07 Å². The minimum absolute atomic E-state index is 0.0957. The fourth-order valence-corrected chi connectivity index (χ4v) is 1.95. The molecular weight excluding hydrogens is 303 g/mol. The summed E-state index contributed by atoms with van der Waals surface area (Å²) >= 11 is 0. The predicted molar refractivity (Wildman–Crippen MR) is 70.9 cm³/mol. The highest BCUT2D eigenvalue weighted by atomic mass is 19.4. The first-order valence-electron chi connectivity index (χ1n) is 6.56. The van der Waals surface area contributed by atoms with Crippen molar-refractivity contribution in [3.8, 4) is 0 Å². The zero-order valence-electron chi connectivity index (χ0n) is 12.1. The standard InChI is InChI=1S/C13H14F3N3O3/c1-4-22-12(21)9-10(13(14,15)16)18-19-8(20)5-7(6(2)3)17-11(9)19/h5-6,18H,4H2,1-3H3. The van der Waals surface area contributed by atoms with E-state index in [2.05, 4.69) is 9.72 Å². The van der Waals surface area contributed by atoms with Gasteiger partial charge in [0.2, 0.25) is 0 Å². The number of fused-ring (bicyclic) bond motifs is 1. The van der Waals surface area contributed by atoms with Crippen molar-refractivity contribution in [1.29, 1.82) is 0 Å². The number of hydrogen-bond donors (Lipinski definition) is 1. The van der Waals surface area contributed by atoms with Crippen molar-refractivity contribution in [3.63, 3.8) is 0 Å². The quantitative estimate of drug-likeness (QED) is 0.882. The molecule has 22 heavy (non-hydrogen) atoms. The number of halogens is 3. The maximum Gasteiger partial charge on any atom is 0.433 e. The van der Waals surface area contributed by atoms with Crippen LogP contribution in [0.3, 0.4) is 0 Å². The van der Waals surface area contributed by atoms with Crippen LogP contribution in [0.25, 0.3) is 5.65 Å². The van der Waals surface area contributed by atoms with E-state index in [0.29, 0.717) is 10.2 Å². The largest absolute Gasteiger partial charge is 0.462 e. The van der Waals surface area contributed by atoms with Gasteiger partial charge in [-0.2, -0.15) is 13.2 Å². The van der Waals surface area contributed by atoms with Crippen molar-refractivity contribution >= 4 is 11.6 Å². The molecule has 1 N–H and O–H groups in total. The summed E-state index contributed by atoms with van der Waals surface area (Å²) in [5.41, 5.74) is -2.95. The van der Waals surface area contributed by atoms with Crippen LogP contribution in [0.5, 0.6) is 0 Å². The molecule has 2 aromatic rings. The first-order chi connectivity index (χ1) is 10.2. The van der Waals surface area contributed by atoms with Gasteiger partial charge in [-0.05, 0) is 12.8 Å². The lowest BCUT2D eigenvalue weighted by Gasteiger charge is -2.06. The van der Waals surface area contributed by atoms with Gasteiger partial charge in [0.15, 0.2) is 11.3 Å². The van der Waals surface area contributed by atoms with Gasteiger partial charge in [-0.15, -0.1) is 0 Å². The third-order valence-electron chi connectivity index (χ3n) is 2.99. The number of alkyl halides is 3. The number of H-pyrrole nitrogens is 1. The van der Waals surface area contributed by atoms with Crippen LogP contribution in [0.1, 0.15) is 48.4 Å². The fraction of sp³-hybridized carbons (Fsp3) is 0.462. The van der Waals surface area contributed by atoms with Crippen LogP contribution in [0, 0.1) is 0 Å². The van der Waals surface area contributed by atoms with Crippen LogP contribution in [-0.4, -0.2) is 27.2 Å². The number of ether oxygens (including phenoxy) is 1. The molecule has 0 bridgehead atoms. The van der Waals surface area contributed by atoms with E-state index in [1.807, 2.05) is 5.10 Å². The van der Waals surface area contributed by atoms with E-state index in [9.17, 15) is 22.8 Å². The van der Waals surface area contributed by atoms with Gasteiger partial charge in [0.1, 0.15) is 5.56 Å². The van der Waals surface area contributed by atoms with Crippen molar-refractivity contribution in [2.75, 3.05) is 6.61 Å². The molecule has 120 valence electrons. The molecule has 9 heteroatoms. The Morgan fingerprint density at radius 2 is 2.09 bits per heavy atom. The Morgan fingerprint density at radius 3 is 2.59 bits per heavy atom. The van der Waals surface area contributed by atoms with Crippen molar-refractivity contribution in [2.24, 2.45) is 0 Å². The molecule has 2 rings (SSSR count). The molecule has 0 radical (unpaired) electrons. The second-order valence-corrected chi connectivity index (χ2v) is 4.91. The number of carbonyl (C=O) groups is 1. The number of hydrogen-bond acceptors (Lipinski definition) is 4. The van der Waals surface area contributed by atoms with Crippen LogP contribution in [0.4, 0.5) is 13.2 Å². The summed E-state index contributed by atoms with van der Waals surface area (Å²) in [5, 5.41) is 1.89. The molecule has 0 unspecified atom stereocenters. The molecule has 6 nitrogen and oxygen atoms in total. The summed E-state index contributed by atoms with van der Waals surface area (Å²) in [6, 6.07) is 1.13. The topological polar surface area (TPSA) is 76.5 Å². The summed E-state index contributed by atoms with van der Waals surface area (Å²) < 4.78 is 44.5. The third kappa shape index (κ3) is 2.70. The number of nitrogens with zero attached hydrogens (tertiary/aromatic N) is 2. The number of esters is 1. The minimum Gasteiger partial charge on any atom is -0.462 e. The molecular formula is C13H14F3N3O3. The fourth-order valence-electron chi connectivity index (χ4n) is 1.95. The van der Waals surface area contributed by atoms with E-state index in [4.69, 9.17) is 0 Å². The Morgan fingerprint density at radius 1 is 1.45 bits per heavy atom. The van der Waals surface area contributed by atoms with Crippen molar-refractivity contribution < 1.29 is 22.7 Å². The van der Waals surface area contributed by atoms with E-state index >= 15 is 0 Å². The van der Waals surface area contributed by atoms with E-state index in [1.165, 1.54) is 6.92 Å². The van der Waals surface area contributed by atoms with Gasteiger partial charge in [0.25, 0.3) is 5.56 Å². The Hall–Kier alpha value is -2.32. The van der Waals surface area contributed by atoms with Gasteiger partial charge in [0.05, 0.1) is 12.3 Å². The first kappa shape index (κ1) is 16.1. The highest BCUT2D eigenvalue weighted by molar-refractivity contribution is 5.97. The van der Waals surface area contributed by atoms with Gasteiger partial charge in [-0.25, -0.2) is 14.3 Å². The average Bonchev–Trinajstić information content (AvgIpc) is 2.78. The lowest BCUT2D eigenvalue weighted by molar-refractivity contribution is -0.141. The molecule has 2 heterocycles. The maximum atomic E-state index is 13.1. The van der Waals surface area contributed by atoms with Crippen molar-refractivity contribution in [2.45, 2.75) is 32.9 Å². The third-order valence-corrected chi connectivity index (χ3v) is 2.99. The lowest BCUT2D eigenvalue weighted by Crippen LogP contribution is -2.17. The van der Waals surface area contributed by atoms with Gasteiger partial charge in [-0.3, -0.25) is 9.89 Å². The Kier molecular flexibility index (Phi) is 3.99. The lowest BCUT2D eigenvalue weighted by atomic mass is 10.1. The summed E-state index contributed by atoms with van der Waals surface area (Å²) in [4.78, 5) is 27.8. The first-order valence-corrected chi connectivity index (χ1v) is 6.56. The average molecular weight is 317 g/mol. The molecule has 0 aromatic carbocycles. The molecule has 0 fully saturated rings. The van der Waals surface area contributed by atoms with E-state index < -0.39 is 29.0 Å². The second-order valence-electron chi connectivity index (χ2n) is 4.91. The number of aromatic amines is 1. The predicted octanol–water partition coefficient (Wildman–Crippen LogP) is 2.34. The summed E-state index contributed by atoms with van der Waals surface area (Å²) in [6.07, 6.45) is -4.85. The number of nitrogens with one attached hydrogen (secondary N) is 1. The highest BCUT2D eigenvalue weighted by Gasteiger charge is 2.40. The monoisotopic (exact) mass is 317 g/mol. The molecule has 0 aliphatic rings. The molecule has 0 saturated carbocycles. The smallest absolute Gasteiger partial charge is 0.433 e. The zero-order valence-corrected chi connectivity index (χ0v) is 12.1. The van der Waals surface area contributed by atoms with Gasteiger partial charge >= 0.3 is 12.1 Å². The Labute approximate surface area is 122 Å². The maximum absolute atomic E-state index is 13.1. The van der Waals surface area contributed by atoms with Crippen LogP contribution < -0.4 is 5.56 Å². The van der Waals surface area contributed by atoms with Crippen molar-refractivity contribution in [3.05, 3.63) is 33.4 Å². The molecule has 0 amide bonds.